The van der Waals surface area contributed by atoms with Crippen LogP contribution in [-0.2, 0) is 11.2 Å². The van der Waals surface area contributed by atoms with Gasteiger partial charge in [-0.25, -0.2) is 0 Å². The molecule has 2 N–H and O–H groups in total. The first-order chi connectivity index (χ1) is 17.5. The van der Waals surface area contributed by atoms with Gasteiger partial charge in [-0.1, -0.05) is 62.4 Å². The minimum atomic E-state index is -0.769. The van der Waals surface area contributed by atoms with E-state index in [4.69, 9.17) is 9.47 Å². The number of hydrogen-bond donors (Lipinski definition) is 2. The summed E-state index contributed by atoms with van der Waals surface area (Å²) in [5, 5.41) is 5.82. The molecular formula is C29H35N3O4. The lowest BCUT2D eigenvalue weighted by Crippen LogP contribution is -2.45. The van der Waals surface area contributed by atoms with Crippen LogP contribution < -0.4 is 20.1 Å². The van der Waals surface area contributed by atoms with Crippen molar-refractivity contribution in [1.82, 2.24) is 10.2 Å². The van der Waals surface area contributed by atoms with Crippen LogP contribution in [0.4, 0.5) is 5.69 Å². The van der Waals surface area contributed by atoms with Gasteiger partial charge in [0.15, 0.2) is 11.5 Å². The Morgan fingerprint density at radius 2 is 1.56 bits per heavy atom. The highest BCUT2D eigenvalue weighted by atomic mass is 16.5. The maximum Gasteiger partial charge on any atom is 0.251 e. The van der Waals surface area contributed by atoms with Crippen molar-refractivity contribution in [1.29, 1.82) is 0 Å². The lowest BCUT2D eigenvalue weighted by atomic mass is 10.0. The Morgan fingerprint density at radius 3 is 2.19 bits per heavy atom. The summed E-state index contributed by atoms with van der Waals surface area (Å²) >= 11 is 0. The Kier molecular flexibility index (Phi) is 10.3. The summed E-state index contributed by atoms with van der Waals surface area (Å²) in [7, 11) is 1.58. The third-order valence-corrected chi connectivity index (χ3v) is 5.93. The summed E-state index contributed by atoms with van der Waals surface area (Å²) in [6, 6.07) is 23.0. The van der Waals surface area contributed by atoms with Gasteiger partial charge in [-0.2, -0.15) is 0 Å². The van der Waals surface area contributed by atoms with Crippen molar-refractivity contribution in [3.63, 3.8) is 0 Å². The molecule has 3 aromatic rings. The Morgan fingerprint density at radius 1 is 0.889 bits per heavy atom. The highest BCUT2D eigenvalue weighted by molar-refractivity contribution is 6.01. The zero-order valence-electron chi connectivity index (χ0n) is 21.2. The molecule has 3 aromatic carbocycles. The predicted molar refractivity (Wildman–Crippen MR) is 143 cm³/mol. The van der Waals surface area contributed by atoms with Crippen LogP contribution in [-0.4, -0.2) is 56.1 Å². The molecule has 7 nitrogen and oxygen atoms in total. The fourth-order valence-corrected chi connectivity index (χ4v) is 3.81. The number of nitrogens with one attached hydrogen (secondary N) is 2. The maximum atomic E-state index is 13.3. The van der Waals surface area contributed by atoms with Crippen molar-refractivity contribution >= 4 is 17.5 Å². The topological polar surface area (TPSA) is 79.9 Å². The van der Waals surface area contributed by atoms with Crippen molar-refractivity contribution in [3.8, 4) is 11.5 Å². The van der Waals surface area contributed by atoms with E-state index in [9.17, 15) is 9.59 Å². The van der Waals surface area contributed by atoms with Crippen LogP contribution in [0.1, 0.15) is 29.8 Å². The van der Waals surface area contributed by atoms with E-state index in [1.807, 2.05) is 36.4 Å². The molecule has 1 atom stereocenters. The van der Waals surface area contributed by atoms with E-state index in [1.54, 1.807) is 49.6 Å². The van der Waals surface area contributed by atoms with Crippen LogP contribution in [0.3, 0.4) is 0 Å². The highest BCUT2D eigenvalue weighted by Crippen LogP contribution is 2.30. The molecule has 0 heterocycles. The number of likely N-dealkylation sites (N-methyl/N-ethyl adjacent to an activating group) is 1. The lowest BCUT2D eigenvalue weighted by molar-refractivity contribution is -0.118. The van der Waals surface area contributed by atoms with Crippen LogP contribution in [0.15, 0.2) is 78.9 Å². The molecule has 0 radical (unpaired) electrons. The number of amides is 2. The van der Waals surface area contributed by atoms with Gasteiger partial charge in [-0.15, -0.1) is 0 Å². The largest absolute Gasteiger partial charge is 0.493 e. The molecule has 0 bridgehead atoms. The molecule has 0 saturated carbocycles. The quantitative estimate of drug-likeness (QED) is 0.372. The molecule has 0 aromatic heterocycles. The van der Waals surface area contributed by atoms with Gasteiger partial charge in [0.05, 0.1) is 7.11 Å². The van der Waals surface area contributed by atoms with E-state index in [-0.39, 0.29) is 11.8 Å². The molecule has 190 valence electrons. The summed E-state index contributed by atoms with van der Waals surface area (Å²) in [6.45, 7) is 7.41. The van der Waals surface area contributed by atoms with Crippen LogP contribution in [0.2, 0.25) is 0 Å². The van der Waals surface area contributed by atoms with Gasteiger partial charge in [-0.05, 0) is 42.9 Å². The molecule has 36 heavy (non-hydrogen) atoms. The van der Waals surface area contributed by atoms with Crippen molar-refractivity contribution in [2.45, 2.75) is 26.3 Å². The normalized spacial score (nSPS) is 11.6. The van der Waals surface area contributed by atoms with Gasteiger partial charge in [-0.3, -0.25) is 9.59 Å². The first-order valence-corrected chi connectivity index (χ1v) is 12.3. The van der Waals surface area contributed by atoms with Crippen LogP contribution in [0.25, 0.3) is 0 Å². The van der Waals surface area contributed by atoms with Crippen LogP contribution >= 0.6 is 0 Å². The monoisotopic (exact) mass is 489 g/mol. The second kappa shape index (κ2) is 13.9. The SMILES string of the molecule is CCN(CC)CCOc1cc(NC(=O)C(Cc2ccccc2)NC(=O)c2ccccc2)ccc1OC. The predicted octanol–water partition coefficient (Wildman–Crippen LogP) is 4.40. The van der Waals surface area contributed by atoms with Gasteiger partial charge in [0.1, 0.15) is 12.6 Å². The average Bonchev–Trinajstić information content (AvgIpc) is 2.92. The fraction of sp³-hybridized carbons (Fsp3) is 0.310. The second-order valence-electron chi connectivity index (χ2n) is 8.31. The van der Waals surface area contributed by atoms with Crippen molar-refractivity contribution < 1.29 is 19.1 Å². The number of ether oxygens (including phenoxy) is 2. The lowest BCUT2D eigenvalue weighted by Gasteiger charge is -2.20. The van der Waals surface area contributed by atoms with E-state index >= 15 is 0 Å². The molecule has 7 heteroatoms. The maximum absolute atomic E-state index is 13.3. The molecule has 2 amide bonds. The standard InChI is InChI=1S/C29H35N3O4/c1-4-32(5-2)18-19-36-27-21-24(16-17-26(27)35-3)30-29(34)25(20-22-12-8-6-9-13-22)31-28(33)23-14-10-7-11-15-23/h6-17,21,25H,4-5,18-20H2,1-3H3,(H,30,34)(H,31,33). The van der Waals surface area contributed by atoms with Gasteiger partial charge in [0.25, 0.3) is 5.91 Å². The van der Waals surface area contributed by atoms with Crippen molar-refractivity contribution in [2.75, 3.05) is 38.7 Å². The van der Waals surface area contributed by atoms with Crippen molar-refractivity contribution in [3.05, 3.63) is 90.0 Å². The van der Waals surface area contributed by atoms with Gasteiger partial charge in [0, 0.05) is 30.3 Å². The third kappa shape index (κ3) is 7.85. The van der Waals surface area contributed by atoms with Gasteiger partial charge >= 0.3 is 0 Å². The summed E-state index contributed by atoms with van der Waals surface area (Å²) < 4.78 is 11.4. The Bertz CT molecular complexity index is 1100. The number of methoxy groups -OCH3 is 1. The Balaban J connectivity index is 1.74. The van der Waals surface area contributed by atoms with E-state index in [0.29, 0.717) is 35.8 Å². The average molecular weight is 490 g/mol. The molecule has 3 rings (SSSR count). The number of anilines is 1. The molecule has 0 aliphatic rings. The molecule has 0 spiro atoms. The zero-order chi connectivity index (χ0) is 25.8. The minimum absolute atomic E-state index is 0.304. The first kappa shape index (κ1) is 26.8. The molecule has 0 aliphatic carbocycles. The number of carbonyl (C=O) groups excluding carboxylic acids is 2. The van der Waals surface area contributed by atoms with Crippen molar-refractivity contribution in [2.24, 2.45) is 0 Å². The molecule has 0 fully saturated rings. The number of rotatable bonds is 13. The summed E-state index contributed by atoms with van der Waals surface area (Å²) in [5.74, 6) is 0.519. The summed E-state index contributed by atoms with van der Waals surface area (Å²) in [4.78, 5) is 28.4. The number of nitrogens with zero attached hydrogens (tertiary/aromatic N) is 1. The first-order valence-electron chi connectivity index (χ1n) is 12.3. The van der Waals surface area contributed by atoms with Gasteiger partial charge < -0.3 is 25.0 Å². The smallest absolute Gasteiger partial charge is 0.251 e. The summed E-state index contributed by atoms with van der Waals surface area (Å²) in [5.41, 5.74) is 2.00. The number of hydrogen-bond acceptors (Lipinski definition) is 5. The Hall–Kier alpha value is -3.84. The molecule has 1 unspecified atom stereocenters. The van der Waals surface area contributed by atoms with E-state index in [0.717, 1.165) is 25.2 Å². The van der Waals surface area contributed by atoms with Crippen LogP contribution in [0.5, 0.6) is 11.5 Å². The molecule has 0 saturated heterocycles. The van der Waals surface area contributed by atoms with E-state index in [2.05, 4.69) is 29.4 Å². The van der Waals surface area contributed by atoms with E-state index < -0.39 is 6.04 Å². The zero-order valence-corrected chi connectivity index (χ0v) is 21.2. The fourth-order valence-electron chi connectivity index (χ4n) is 3.81. The van der Waals surface area contributed by atoms with Gasteiger partial charge in [0.2, 0.25) is 5.91 Å². The minimum Gasteiger partial charge on any atom is -0.493 e. The molecule has 0 aliphatic heterocycles. The third-order valence-electron chi connectivity index (χ3n) is 5.93. The number of benzene rings is 3. The van der Waals surface area contributed by atoms with E-state index in [1.165, 1.54) is 0 Å². The second-order valence-corrected chi connectivity index (χ2v) is 8.31. The Labute approximate surface area is 213 Å². The highest BCUT2D eigenvalue weighted by Gasteiger charge is 2.22. The number of carbonyl (C=O) groups is 2. The van der Waals surface area contributed by atoms with Crippen LogP contribution in [0, 0.1) is 0 Å². The molecular weight excluding hydrogens is 454 g/mol. The summed E-state index contributed by atoms with van der Waals surface area (Å²) in [6.07, 6.45) is 0.356.